The maximum absolute atomic E-state index is 12.5. The lowest BCUT2D eigenvalue weighted by atomic mass is 10.2. The molecule has 1 aliphatic rings. The van der Waals surface area contributed by atoms with Crippen LogP contribution in [0.2, 0.25) is 0 Å². The van der Waals surface area contributed by atoms with Gasteiger partial charge in [0.05, 0.1) is 22.6 Å². The fourth-order valence-electron chi connectivity index (χ4n) is 1.38. The first kappa shape index (κ1) is 11.1. The van der Waals surface area contributed by atoms with Crippen LogP contribution in [0.1, 0.15) is 5.56 Å². The van der Waals surface area contributed by atoms with E-state index in [1.54, 1.807) is 11.8 Å². The molecular weight excluding hydrogens is 291 g/mol. The van der Waals surface area contributed by atoms with Crippen LogP contribution in [0.25, 0.3) is 0 Å². The highest BCUT2D eigenvalue weighted by Crippen LogP contribution is 2.42. The summed E-state index contributed by atoms with van der Waals surface area (Å²) in [5.41, 5.74) is 0.621. The Bertz CT molecular complexity index is 380. The van der Waals surface area contributed by atoms with E-state index >= 15 is 0 Å². The van der Waals surface area contributed by atoms with Gasteiger partial charge < -0.3 is 4.90 Å². The zero-order valence-electron chi connectivity index (χ0n) is 7.51. The largest absolute Gasteiger partial charge is 0.416 e. The lowest BCUT2D eigenvalue weighted by molar-refractivity contribution is -0.137. The summed E-state index contributed by atoms with van der Waals surface area (Å²) in [4.78, 5) is 2.76. The summed E-state index contributed by atoms with van der Waals surface area (Å²) in [7, 11) is 0. The van der Waals surface area contributed by atoms with E-state index < -0.39 is 11.7 Å². The molecule has 0 radical (unpaired) electrons. The highest BCUT2D eigenvalue weighted by molar-refractivity contribution is 9.09. The van der Waals surface area contributed by atoms with Crippen LogP contribution in [0.5, 0.6) is 0 Å². The van der Waals surface area contributed by atoms with Gasteiger partial charge >= 0.3 is 6.18 Å². The van der Waals surface area contributed by atoms with Gasteiger partial charge in [0.15, 0.2) is 0 Å². The smallest absolute Gasteiger partial charge is 0.351 e. The van der Waals surface area contributed by atoms with E-state index in [0.717, 1.165) is 11.0 Å². The highest BCUT2D eigenvalue weighted by Gasteiger charge is 2.32. The van der Waals surface area contributed by atoms with E-state index in [2.05, 4.69) is 15.9 Å². The summed E-state index contributed by atoms with van der Waals surface area (Å²) >= 11 is 4.80. The van der Waals surface area contributed by atoms with Crippen LogP contribution in [-0.4, -0.2) is 11.3 Å². The average molecular weight is 298 g/mol. The molecule has 0 atom stereocenters. The van der Waals surface area contributed by atoms with Crippen molar-refractivity contribution in [2.75, 3.05) is 16.2 Å². The fraction of sp³-hybridized carbons (Fsp3) is 0.333. The molecule has 0 bridgehead atoms. The molecule has 0 aliphatic carbocycles. The molecule has 82 valence electrons. The Morgan fingerprint density at radius 2 is 2.13 bits per heavy atom. The molecular formula is C9H7BrF3NS. The second kappa shape index (κ2) is 3.90. The second-order valence-corrected chi connectivity index (χ2v) is 4.60. The molecule has 15 heavy (non-hydrogen) atoms. The van der Waals surface area contributed by atoms with Crippen molar-refractivity contribution in [3.8, 4) is 0 Å². The Hall–Kier alpha value is -0.360. The van der Waals surface area contributed by atoms with Crippen LogP contribution in [0.4, 0.5) is 18.9 Å². The topological polar surface area (TPSA) is 3.24 Å². The number of benzene rings is 1. The summed E-state index contributed by atoms with van der Waals surface area (Å²) < 4.78 is 37.4. The van der Waals surface area contributed by atoms with Gasteiger partial charge in [0.1, 0.15) is 0 Å². The second-order valence-electron chi connectivity index (χ2n) is 3.11. The van der Waals surface area contributed by atoms with Crippen molar-refractivity contribution in [2.45, 2.75) is 11.1 Å². The maximum Gasteiger partial charge on any atom is 0.416 e. The van der Waals surface area contributed by atoms with E-state index in [-0.39, 0.29) is 0 Å². The Morgan fingerprint density at radius 1 is 1.40 bits per heavy atom. The van der Waals surface area contributed by atoms with E-state index in [0.29, 0.717) is 17.0 Å². The van der Waals surface area contributed by atoms with E-state index in [1.807, 2.05) is 4.90 Å². The van der Waals surface area contributed by atoms with Crippen molar-refractivity contribution in [1.29, 1.82) is 0 Å². The Labute approximate surface area is 97.8 Å². The molecule has 0 fully saturated rings. The van der Waals surface area contributed by atoms with Crippen molar-refractivity contribution in [3.05, 3.63) is 23.8 Å². The average Bonchev–Trinajstić information content (AvgIpc) is 2.57. The first-order valence-corrected chi connectivity index (χ1v) is 6.28. The summed E-state index contributed by atoms with van der Waals surface area (Å²) in [5, 5.41) is 0. The van der Waals surface area contributed by atoms with Crippen molar-refractivity contribution in [3.63, 3.8) is 0 Å². The number of halogens is 4. The van der Waals surface area contributed by atoms with Crippen LogP contribution < -0.4 is 4.90 Å². The summed E-state index contributed by atoms with van der Waals surface area (Å²) in [6.07, 6.45) is -4.26. The van der Waals surface area contributed by atoms with Crippen LogP contribution in [-0.2, 0) is 6.18 Å². The third kappa shape index (κ3) is 2.10. The minimum absolute atomic E-state index is 0.550. The third-order valence-electron chi connectivity index (χ3n) is 2.15. The van der Waals surface area contributed by atoms with Crippen LogP contribution in [0.3, 0.4) is 0 Å². The summed E-state index contributed by atoms with van der Waals surface area (Å²) in [6.45, 7) is 0. The Balaban J connectivity index is 2.41. The van der Waals surface area contributed by atoms with Crippen LogP contribution in [0, 0.1) is 0 Å². The number of nitrogens with zero attached hydrogens (tertiary/aromatic N) is 1. The first-order valence-electron chi connectivity index (χ1n) is 4.17. The molecule has 0 N–H and O–H groups in total. The van der Waals surface area contributed by atoms with Crippen molar-refractivity contribution < 1.29 is 13.2 Å². The molecule has 0 aromatic heterocycles. The molecule has 2 rings (SSSR count). The van der Waals surface area contributed by atoms with Gasteiger partial charge in [-0.25, -0.2) is 0 Å². The van der Waals surface area contributed by atoms with Gasteiger partial charge in [-0.1, -0.05) is 15.9 Å². The number of anilines is 1. The van der Waals surface area contributed by atoms with Gasteiger partial charge in [0.25, 0.3) is 0 Å². The van der Waals surface area contributed by atoms with Crippen molar-refractivity contribution >= 4 is 33.4 Å². The summed E-state index contributed by atoms with van der Waals surface area (Å²) in [5.74, 6) is 0.696. The maximum atomic E-state index is 12.5. The SMILES string of the molecule is FC(F)(F)c1ccc2c(c1)N(CBr)CS2. The standard InChI is InChI=1S/C9H7BrF3NS/c10-4-14-5-15-8-2-1-6(3-7(8)14)9(11,12)13/h1-3H,4-5H2. The minimum Gasteiger partial charge on any atom is -0.351 e. The first-order chi connectivity index (χ1) is 7.02. The predicted molar refractivity (Wildman–Crippen MR) is 58.4 cm³/mol. The molecule has 1 heterocycles. The van der Waals surface area contributed by atoms with Crippen LogP contribution in [0.15, 0.2) is 23.1 Å². The number of thioether (sulfide) groups is 1. The molecule has 0 amide bonds. The van der Waals surface area contributed by atoms with E-state index in [1.165, 1.54) is 12.1 Å². The fourth-order valence-corrected chi connectivity index (χ4v) is 3.09. The van der Waals surface area contributed by atoms with Gasteiger partial charge in [-0.15, -0.1) is 11.8 Å². The number of fused-ring (bicyclic) bond motifs is 1. The number of hydrogen-bond donors (Lipinski definition) is 0. The van der Waals surface area contributed by atoms with Gasteiger partial charge in [0.2, 0.25) is 0 Å². The molecule has 0 spiro atoms. The molecule has 0 saturated heterocycles. The zero-order chi connectivity index (χ0) is 11.1. The third-order valence-corrected chi connectivity index (χ3v) is 3.85. The van der Waals surface area contributed by atoms with E-state index in [9.17, 15) is 13.2 Å². The van der Waals surface area contributed by atoms with Gasteiger partial charge in [-0.2, -0.15) is 13.2 Å². The number of rotatable bonds is 1. The molecule has 0 saturated carbocycles. The lowest BCUT2D eigenvalue weighted by Crippen LogP contribution is -2.16. The highest BCUT2D eigenvalue weighted by atomic mass is 79.9. The quantitative estimate of drug-likeness (QED) is 0.571. The Morgan fingerprint density at radius 3 is 2.73 bits per heavy atom. The van der Waals surface area contributed by atoms with Crippen LogP contribution >= 0.6 is 27.7 Å². The van der Waals surface area contributed by atoms with Gasteiger partial charge in [0, 0.05) is 4.90 Å². The molecule has 1 nitrogen and oxygen atoms in total. The lowest BCUT2D eigenvalue weighted by Gasteiger charge is -2.15. The van der Waals surface area contributed by atoms with E-state index in [4.69, 9.17) is 0 Å². The zero-order valence-corrected chi connectivity index (χ0v) is 9.92. The molecule has 6 heteroatoms. The molecule has 1 aromatic carbocycles. The minimum atomic E-state index is -4.26. The Kier molecular flexibility index (Phi) is 2.89. The van der Waals surface area contributed by atoms with Crippen molar-refractivity contribution in [1.82, 2.24) is 0 Å². The number of hydrogen-bond acceptors (Lipinski definition) is 2. The van der Waals surface area contributed by atoms with Gasteiger partial charge in [-0.3, -0.25) is 0 Å². The van der Waals surface area contributed by atoms with Gasteiger partial charge in [-0.05, 0) is 18.2 Å². The number of alkyl halides is 4. The summed E-state index contributed by atoms with van der Waals surface area (Å²) in [6, 6.07) is 3.87. The molecule has 1 aromatic rings. The predicted octanol–water partition coefficient (Wildman–Crippen LogP) is 3.93. The van der Waals surface area contributed by atoms with Crippen molar-refractivity contribution in [2.24, 2.45) is 0 Å². The normalized spacial score (nSPS) is 15.6. The molecule has 0 unspecified atom stereocenters. The monoisotopic (exact) mass is 297 g/mol. The molecule has 1 aliphatic heterocycles.